The molecule has 0 unspecified atom stereocenters. The first-order valence-corrected chi connectivity index (χ1v) is 8.57. The normalized spacial score (nSPS) is 31.2. The van der Waals surface area contributed by atoms with Crippen LogP contribution < -0.4 is 5.11 Å². The summed E-state index contributed by atoms with van der Waals surface area (Å²) in [4.78, 5) is 26.2. The molecule has 0 radical (unpaired) electrons. The number of hydrogen-bond donors (Lipinski definition) is 0. The Morgan fingerprint density at radius 2 is 1.75 bits per heavy atom. The van der Waals surface area contributed by atoms with Gasteiger partial charge >= 0.3 is 0 Å². The summed E-state index contributed by atoms with van der Waals surface area (Å²) >= 11 is 0. The number of fused-ring (bicyclic) bond motifs is 2. The van der Waals surface area contributed by atoms with E-state index in [0.717, 1.165) is 12.8 Å². The summed E-state index contributed by atoms with van der Waals surface area (Å²) in [7, 11) is 0. The topological polar surface area (TPSA) is 60.4 Å². The first-order chi connectivity index (χ1) is 11.6. The van der Waals surface area contributed by atoms with Crippen molar-refractivity contribution in [2.24, 2.45) is 23.7 Å². The quantitative estimate of drug-likeness (QED) is 0.792. The third-order valence-electron chi connectivity index (χ3n) is 5.68. The van der Waals surface area contributed by atoms with Crippen molar-refractivity contribution in [2.45, 2.75) is 12.8 Å². The first-order valence-electron chi connectivity index (χ1n) is 8.57. The summed E-state index contributed by atoms with van der Waals surface area (Å²) < 4.78 is 0. The predicted octanol–water partition coefficient (Wildman–Crippen LogP) is 1.49. The van der Waals surface area contributed by atoms with Crippen LogP contribution in [0.2, 0.25) is 0 Å². The van der Waals surface area contributed by atoms with Crippen LogP contribution in [0.5, 0.6) is 0 Å². The number of benzene rings is 1. The van der Waals surface area contributed by atoms with Gasteiger partial charge in [0, 0.05) is 25.0 Å². The van der Waals surface area contributed by atoms with E-state index in [1.54, 1.807) is 0 Å². The molecule has 1 aromatic carbocycles. The molecule has 0 saturated heterocycles. The van der Waals surface area contributed by atoms with Crippen molar-refractivity contribution in [3.05, 3.63) is 54.1 Å². The Bertz CT molecular complexity index is 722. The zero-order chi connectivity index (χ0) is 16.7. The average molecular weight is 322 g/mol. The van der Waals surface area contributed by atoms with Crippen LogP contribution in [0.15, 0.2) is 48.6 Å². The Morgan fingerprint density at radius 1 is 1.04 bits per heavy atom. The average Bonchev–Trinajstić information content (AvgIpc) is 3.23. The van der Waals surface area contributed by atoms with Gasteiger partial charge in [0.25, 0.3) is 0 Å². The number of rotatable bonds is 3. The van der Waals surface area contributed by atoms with Gasteiger partial charge in [-0.15, -0.1) is 0 Å². The van der Waals surface area contributed by atoms with Gasteiger partial charge in [0.1, 0.15) is 0 Å². The van der Waals surface area contributed by atoms with E-state index >= 15 is 0 Å². The molecule has 1 aromatic rings. The molecule has 124 valence electrons. The second kappa shape index (κ2) is 5.93. The second-order valence-corrected chi connectivity index (χ2v) is 6.95. The fourth-order valence-electron chi connectivity index (χ4n) is 4.47. The second-order valence-electron chi connectivity index (χ2n) is 6.95. The number of carbonyl (C=O) groups is 2. The molecule has 1 amide bonds. The van der Waals surface area contributed by atoms with Crippen LogP contribution in [-0.2, 0) is 9.59 Å². The number of hydrogen-bond acceptors (Lipinski definition) is 3. The Kier molecular flexibility index (Phi) is 3.75. The van der Waals surface area contributed by atoms with Crippen molar-refractivity contribution < 1.29 is 14.7 Å². The van der Waals surface area contributed by atoms with Gasteiger partial charge in [-0.3, -0.25) is 4.79 Å². The molecule has 2 bridgehead atoms. The van der Waals surface area contributed by atoms with E-state index in [4.69, 9.17) is 0 Å². The molecule has 3 aliphatic rings. The number of allylic oxidation sites excluding steroid dienone is 2. The lowest BCUT2D eigenvalue weighted by Gasteiger charge is -2.34. The molecule has 0 aromatic heterocycles. The molecule has 1 fully saturated rings. The first kappa shape index (κ1) is 15.2. The van der Waals surface area contributed by atoms with Crippen LogP contribution in [-0.4, -0.2) is 29.9 Å². The molecule has 4 heteroatoms. The highest BCUT2D eigenvalue weighted by molar-refractivity contribution is 5.87. The lowest BCUT2D eigenvalue weighted by Crippen LogP contribution is -2.47. The number of carboxylic acid groups (broad SMARTS) is 1. The molecule has 4 atom stereocenters. The Balaban J connectivity index is 1.50. The van der Waals surface area contributed by atoms with Crippen LogP contribution in [0, 0.1) is 23.7 Å². The van der Waals surface area contributed by atoms with E-state index in [1.807, 2.05) is 35.3 Å². The van der Waals surface area contributed by atoms with Crippen LogP contribution in [0.4, 0.5) is 0 Å². The lowest BCUT2D eigenvalue weighted by atomic mass is 9.82. The lowest BCUT2D eigenvalue weighted by molar-refractivity contribution is -0.313. The molecular weight excluding hydrogens is 302 g/mol. The SMILES string of the molecule is O=C([O-])[C@H]1[C@H](C(=O)N2CC=C(c3ccccc3)CC2)[C@H]2C=C[C@@H]1C2. The van der Waals surface area contributed by atoms with Crippen molar-refractivity contribution in [1.29, 1.82) is 0 Å². The van der Waals surface area contributed by atoms with E-state index in [1.165, 1.54) is 11.1 Å². The minimum Gasteiger partial charge on any atom is -0.550 e. The predicted molar refractivity (Wildman–Crippen MR) is 88.3 cm³/mol. The maximum absolute atomic E-state index is 12.9. The summed E-state index contributed by atoms with van der Waals surface area (Å²) in [6, 6.07) is 10.2. The van der Waals surface area contributed by atoms with Crippen molar-refractivity contribution >= 4 is 17.4 Å². The third kappa shape index (κ3) is 2.46. The van der Waals surface area contributed by atoms with E-state index in [-0.39, 0.29) is 17.7 Å². The zero-order valence-electron chi connectivity index (χ0n) is 13.4. The number of amides is 1. The minimum absolute atomic E-state index is 0.0237. The summed E-state index contributed by atoms with van der Waals surface area (Å²) in [6.45, 7) is 1.21. The number of aliphatic carboxylic acids is 1. The fraction of sp³-hybridized carbons (Fsp3) is 0.400. The van der Waals surface area contributed by atoms with Crippen molar-refractivity contribution in [2.75, 3.05) is 13.1 Å². The smallest absolute Gasteiger partial charge is 0.227 e. The molecule has 1 heterocycles. The van der Waals surface area contributed by atoms with Gasteiger partial charge in [-0.25, -0.2) is 0 Å². The molecule has 2 aliphatic carbocycles. The molecule has 1 saturated carbocycles. The van der Waals surface area contributed by atoms with Crippen LogP contribution >= 0.6 is 0 Å². The monoisotopic (exact) mass is 322 g/mol. The van der Waals surface area contributed by atoms with Gasteiger partial charge in [-0.05, 0) is 35.8 Å². The standard InChI is InChI=1S/C20H21NO3/c22-19(17-15-6-7-16(12-15)18(17)20(23)24)21-10-8-14(9-11-21)13-4-2-1-3-5-13/h1-8,15-18H,9-12H2,(H,23,24)/p-1/t15-,16+,17+,18+/m0/s1. The van der Waals surface area contributed by atoms with Gasteiger partial charge in [0.2, 0.25) is 5.91 Å². The Morgan fingerprint density at radius 3 is 2.38 bits per heavy atom. The number of nitrogens with zero attached hydrogens (tertiary/aromatic N) is 1. The van der Waals surface area contributed by atoms with Gasteiger partial charge in [-0.1, -0.05) is 48.6 Å². The number of carbonyl (C=O) groups excluding carboxylic acids is 2. The van der Waals surface area contributed by atoms with Gasteiger partial charge in [0.15, 0.2) is 0 Å². The van der Waals surface area contributed by atoms with Crippen LogP contribution in [0.25, 0.3) is 5.57 Å². The van der Waals surface area contributed by atoms with Gasteiger partial charge in [-0.2, -0.15) is 0 Å². The molecule has 4 rings (SSSR count). The molecular formula is C20H20NO3-. The Labute approximate surface area is 141 Å². The van der Waals surface area contributed by atoms with Crippen molar-refractivity contribution in [3.63, 3.8) is 0 Å². The zero-order valence-corrected chi connectivity index (χ0v) is 13.4. The summed E-state index contributed by atoms with van der Waals surface area (Å²) in [5.41, 5.74) is 2.45. The molecule has 0 spiro atoms. The maximum atomic E-state index is 12.9. The third-order valence-corrected chi connectivity index (χ3v) is 5.68. The summed E-state index contributed by atoms with van der Waals surface area (Å²) in [6.07, 6.45) is 7.63. The highest BCUT2D eigenvalue weighted by Gasteiger charge is 2.49. The van der Waals surface area contributed by atoms with E-state index in [9.17, 15) is 14.7 Å². The van der Waals surface area contributed by atoms with Crippen LogP contribution in [0.3, 0.4) is 0 Å². The van der Waals surface area contributed by atoms with Crippen molar-refractivity contribution in [3.8, 4) is 0 Å². The minimum atomic E-state index is -1.08. The summed E-state index contributed by atoms with van der Waals surface area (Å²) in [5.74, 6) is -2.19. The number of carboxylic acids is 1. The highest BCUT2D eigenvalue weighted by atomic mass is 16.4. The van der Waals surface area contributed by atoms with Gasteiger partial charge < -0.3 is 14.8 Å². The van der Waals surface area contributed by atoms with Crippen molar-refractivity contribution in [1.82, 2.24) is 4.90 Å². The largest absolute Gasteiger partial charge is 0.550 e. The fourth-order valence-corrected chi connectivity index (χ4v) is 4.47. The molecule has 4 nitrogen and oxygen atoms in total. The summed E-state index contributed by atoms with van der Waals surface area (Å²) in [5, 5.41) is 11.5. The van der Waals surface area contributed by atoms with E-state index < -0.39 is 17.8 Å². The molecule has 0 N–H and O–H groups in total. The molecule has 1 aliphatic heterocycles. The van der Waals surface area contributed by atoms with E-state index in [0.29, 0.717) is 13.1 Å². The highest BCUT2D eigenvalue weighted by Crippen LogP contribution is 2.48. The molecule has 24 heavy (non-hydrogen) atoms. The van der Waals surface area contributed by atoms with Crippen LogP contribution in [0.1, 0.15) is 18.4 Å². The Hall–Kier alpha value is -2.36. The van der Waals surface area contributed by atoms with Gasteiger partial charge in [0.05, 0.1) is 5.92 Å². The maximum Gasteiger partial charge on any atom is 0.227 e. The van der Waals surface area contributed by atoms with E-state index in [2.05, 4.69) is 18.2 Å².